The van der Waals surface area contributed by atoms with Crippen LogP contribution in [0.5, 0.6) is 0 Å². The molecule has 20 heavy (non-hydrogen) atoms. The van der Waals surface area contributed by atoms with Crippen molar-refractivity contribution >= 4 is 16.6 Å². The zero-order valence-electron chi connectivity index (χ0n) is 11.6. The van der Waals surface area contributed by atoms with E-state index < -0.39 is 0 Å². The van der Waals surface area contributed by atoms with Crippen molar-refractivity contribution in [1.29, 1.82) is 0 Å². The van der Waals surface area contributed by atoms with Crippen molar-refractivity contribution in [2.24, 2.45) is 0 Å². The van der Waals surface area contributed by atoms with Crippen molar-refractivity contribution < 1.29 is 0 Å². The lowest BCUT2D eigenvalue weighted by molar-refractivity contribution is 0.578. The number of nitrogen functional groups attached to an aromatic ring is 1. The summed E-state index contributed by atoms with van der Waals surface area (Å²) in [5.41, 5.74) is 9.64. The molecule has 2 aromatic carbocycles. The number of para-hydroxylation sites is 1. The highest BCUT2D eigenvalue weighted by Crippen LogP contribution is 2.23. The Bertz CT molecular complexity index is 843. The molecular weight excluding hydrogens is 250 g/mol. The number of hydrogen-bond donors (Lipinski definition) is 1. The predicted octanol–water partition coefficient (Wildman–Crippen LogP) is 2.70. The Morgan fingerprint density at radius 1 is 1.15 bits per heavy atom. The van der Waals surface area contributed by atoms with E-state index in [1.807, 2.05) is 61.0 Å². The van der Waals surface area contributed by atoms with E-state index in [1.165, 1.54) is 0 Å². The summed E-state index contributed by atoms with van der Waals surface area (Å²) in [6, 6.07) is 13.5. The van der Waals surface area contributed by atoms with Crippen LogP contribution in [0.3, 0.4) is 0 Å². The van der Waals surface area contributed by atoms with Crippen LogP contribution in [0, 0.1) is 6.92 Å². The van der Waals surface area contributed by atoms with Crippen LogP contribution in [0.2, 0.25) is 0 Å². The fourth-order valence-corrected chi connectivity index (χ4v) is 2.58. The Hall–Kier alpha value is -2.49. The summed E-state index contributed by atoms with van der Waals surface area (Å²) in [6.07, 6.45) is 0. The molecule has 3 rings (SSSR count). The number of benzene rings is 2. The molecule has 0 radical (unpaired) electrons. The summed E-state index contributed by atoms with van der Waals surface area (Å²) in [6.45, 7) is 4.58. The number of nitrogens with zero attached hydrogens (tertiary/aromatic N) is 2. The quantitative estimate of drug-likeness (QED) is 0.726. The third-order valence-electron chi connectivity index (χ3n) is 3.55. The van der Waals surface area contributed by atoms with Crippen molar-refractivity contribution in [3.8, 4) is 5.69 Å². The molecule has 0 saturated carbocycles. The molecule has 102 valence electrons. The molecule has 3 aromatic rings. The highest BCUT2D eigenvalue weighted by Gasteiger charge is 2.14. The molecule has 0 atom stereocenters. The van der Waals surface area contributed by atoms with Crippen LogP contribution < -0.4 is 11.3 Å². The summed E-state index contributed by atoms with van der Waals surface area (Å²) in [4.78, 5) is 12.5. The van der Waals surface area contributed by atoms with Gasteiger partial charge in [-0.2, -0.15) is 0 Å². The maximum atomic E-state index is 12.5. The fraction of sp³-hybridized carbons (Fsp3) is 0.188. The topological polar surface area (TPSA) is 53.0 Å². The molecule has 1 aromatic heterocycles. The Morgan fingerprint density at radius 3 is 2.65 bits per heavy atom. The maximum Gasteiger partial charge on any atom is 0.274 e. The molecule has 0 aliphatic rings. The van der Waals surface area contributed by atoms with Gasteiger partial charge in [0.2, 0.25) is 0 Å². The van der Waals surface area contributed by atoms with Gasteiger partial charge in [0.15, 0.2) is 0 Å². The van der Waals surface area contributed by atoms with Gasteiger partial charge in [-0.05, 0) is 43.7 Å². The number of fused-ring (bicyclic) bond motifs is 1. The molecule has 1 heterocycles. The second-order valence-corrected chi connectivity index (χ2v) is 4.91. The Kier molecular flexibility index (Phi) is 2.86. The van der Waals surface area contributed by atoms with E-state index >= 15 is 0 Å². The normalized spacial score (nSPS) is 11.1. The SMILES string of the molecule is CCn1c(=O)c2ccccc2n1-c1cc(C)ccc1N. The van der Waals surface area contributed by atoms with E-state index in [0.717, 1.165) is 22.2 Å². The summed E-state index contributed by atoms with van der Waals surface area (Å²) in [7, 11) is 0. The Balaban J connectivity index is 2.47. The molecule has 4 heteroatoms. The third-order valence-corrected chi connectivity index (χ3v) is 3.55. The molecule has 0 unspecified atom stereocenters. The molecular formula is C16H17N3O. The van der Waals surface area contributed by atoms with Crippen molar-refractivity contribution in [3.05, 3.63) is 58.4 Å². The summed E-state index contributed by atoms with van der Waals surface area (Å²) in [5.74, 6) is 0. The minimum Gasteiger partial charge on any atom is -0.397 e. The molecule has 4 nitrogen and oxygen atoms in total. The van der Waals surface area contributed by atoms with Crippen LogP contribution in [0.4, 0.5) is 5.69 Å². The molecule has 0 bridgehead atoms. The second kappa shape index (κ2) is 4.56. The van der Waals surface area contributed by atoms with Gasteiger partial charge in [0.05, 0.1) is 22.3 Å². The Morgan fingerprint density at radius 2 is 1.90 bits per heavy atom. The van der Waals surface area contributed by atoms with Crippen LogP contribution in [-0.2, 0) is 6.54 Å². The van der Waals surface area contributed by atoms with Gasteiger partial charge in [0.1, 0.15) is 0 Å². The van der Waals surface area contributed by atoms with Gasteiger partial charge in [-0.15, -0.1) is 0 Å². The molecule has 2 N–H and O–H groups in total. The third kappa shape index (κ3) is 1.72. The fourth-order valence-electron chi connectivity index (χ4n) is 2.58. The lowest BCUT2D eigenvalue weighted by atomic mass is 10.2. The number of hydrogen-bond acceptors (Lipinski definition) is 2. The van der Waals surface area contributed by atoms with Crippen molar-refractivity contribution in [2.75, 3.05) is 5.73 Å². The minimum absolute atomic E-state index is 0.0176. The van der Waals surface area contributed by atoms with Gasteiger partial charge in [-0.25, -0.2) is 9.36 Å². The van der Waals surface area contributed by atoms with Gasteiger partial charge in [0.25, 0.3) is 5.56 Å². The number of rotatable bonds is 2. The molecule has 0 fully saturated rings. The number of anilines is 1. The molecule has 0 aliphatic heterocycles. The van der Waals surface area contributed by atoms with E-state index in [2.05, 4.69) is 0 Å². The van der Waals surface area contributed by atoms with Gasteiger partial charge in [-0.1, -0.05) is 18.2 Å². The van der Waals surface area contributed by atoms with Crippen LogP contribution in [0.15, 0.2) is 47.3 Å². The molecule has 0 spiro atoms. The summed E-state index contributed by atoms with van der Waals surface area (Å²) in [5, 5.41) is 0.718. The van der Waals surface area contributed by atoms with E-state index in [4.69, 9.17) is 5.73 Å². The Labute approximate surface area is 117 Å². The first-order valence-corrected chi connectivity index (χ1v) is 6.70. The van der Waals surface area contributed by atoms with Crippen LogP contribution in [-0.4, -0.2) is 9.36 Å². The van der Waals surface area contributed by atoms with E-state index in [9.17, 15) is 4.79 Å². The monoisotopic (exact) mass is 267 g/mol. The number of aryl methyl sites for hydroxylation is 1. The first kappa shape index (κ1) is 12.5. The summed E-state index contributed by atoms with van der Waals surface area (Å²) >= 11 is 0. The average Bonchev–Trinajstić information content (AvgIpc) is 2.74. The number of nitrogens with two attached hydrogens (primary N) is 1. The zero-order chi connectivity index (χ0) is 14.3. The van der Waals surface area contributed by atoms with E-state index in [-0.39, 0.29) is 5.56 Å². The van der Waals surface area contributed by atoms with E-state index in [0.29, 0.717) is 12.2 Å². The van der Waals surface area contributed by atoms with E-state index in [1.54, 1.807) is 4.68 Å². The average molecular weight is 267 g/mol. The van der Waals surface area contributed by atoms with Crippen molar-refractivity contribution in [2.45, 2.75) is 20.4 Å². The lowest BCUT2D eigenvalue weighted by Crippen LogP contribution is -2.21. The predicted molar refractivity (Wildman–Crippen MR) is 82.4 cm³/mol. The molecule has 0 saturated heterocycles. The van der Waals surface area contributed by atoms with Crippen molar-refractivity contribution in [3.63, 3.8) is 0 Å². The highest BCUT2D eigenvalue weighted by molar-refractivity contribution is 5.81. The second-order valence-electron chi connectivity index (χ2n) is 4.91. The lowest BCUT2D eigenvalue weighted by Gasteiger charge is -2.14. The summed E-state index contributed by atoms with van der Waals surface area (Å²) < 4.78 is 3.63. The smallest absolute Gasteiger partial charge is 0.274 e. The van der Waals surface area contributed by atoms with Gasteiger partial charge in [-0.3, -0.25) is 4.79 Å². The number of aromatic nitrogens is 2. The van der Waals surface area contributed by atoms with Crippen LogP contribution >= 0.6 is 0 Å². The standard InChI is InChI=1S/C16H17N3O/c1-3-18-16(20)12-6-4-5-7-14(12)19(18)15-10-11(2)8-9-13(15)17/h4-10H,3,17H2,1-2H3. The molecule has 0 amide bonds. The molecule has 0 aliphatic carbocycles. The largest absolute Gasteiger partial charge is 0.397 e. The first-order valence-electron chi connectivity index (χ1n) is 6.70. The van der Waals surface area contributed by atoms with Crippen molar-refractivity contribution in [1.82, 2.24) is 9.36 Å². The van der Waals surface area contributed by atoms with Crippen LogP contribution in [0.25, 0.3) is 16.6 Å². The zero-order valence-corrected chi connectivity index (χ0v) is 11.6. The minimum atomic E-state index is 0.0176. The first-order chi connectivity index (χ1) is 9.63. The highest BCUT2D eigenvalue weighted by atomic mass is 16.1. The van der Waals surface area contributed by atoms with Gasteiger partial charge in [0, 0.05) is 6.54 Å². The van der Waals surface area contributed by atoms with Gasteiger partial charge >= 0.3 is 0 Å². The van der Waals surface area contributed by atoms with Crippen LogP contribution in [0.1, 0.15) is 12.5 Å². The maximum absolute atomic E-state index is 12.5. The van der Waals surface area contributed by atoms with Gasteiger partial charge < -0.3 is 5.73 Å².